The number of sulfone groups is 1. The second kappa shape index (κ2) is 7.90. The molecule has 2 aromatic carbocycles. The Morgan fingerprint density at radius 3 is 2.29 bits per heavy atom. The van der Waals surface area contributed by atoms with E-state index in [0.717, 1.165) is 5.56 Å². The van der Waals surface area contributed by atoms with Crippen molar-refractivity contribution in [3.8, 4) is 0 Å². The number of rotatable bonds is 7. The van der Waals surface area contributed by atoms with Gasteiger partial charge in [0.15, 0.2) is 9.84 Å². The first kappa shape index (κ1) is 20.3. The van der Waals surface area contributed by atoms with Gasteiger partial charge in [-0.25, -0.2) is 21.6 Å². The summed E-state index contributed by atoms with van der Waals surface area (Å²) in [5.74, 6) is 0.174. The van der Waals surface area contributed by atoms with Crippen molar-refractivity contribution in [1.29, 1.82) is 0 Å². The molecule has 0 saturated heterocycles. The van der Waals surface area contributed by atoms with Crippen molar-refractivity contribution in [3.63, 3.8) is 0 Å². The Bertz CT molecular complexity index is 1150. The Morgan fingerprint density at radius 1 is 0.929 bits per heavy atom. The maximum Gasteiger partial charge on any atom is 0.240 e. The lowest BCUT2D eigenvalue weighted by atomic mass is 10.2. The molecule has 8 heteroatoms. The molecule has 28 heavy (non-hydrogen) atoms. The van der Waals surface area contributed by atoms with Gasteiger partial charge in [0.05, 0.1) is 16.1 Å². The lowest BCUT2D eigenvalue weighted by Gasteiger charge is -2.17. The zero-order valence-corrected chi connectivity index (χ0v) is 17.1. The molecule has 1 N–H and O–H groups in total. The first-order valence-corrected chi connectivity index (χ1v) is 11.6. The van der Waals surface area contributed by atoms with Crippen LogP contribution in [0.1, 0.15) is 22.1 Å². The number of aryl methyl sites for hydroxylation is 2. The van der Waals surface area contributed by atoms with Crippen molar-refractivity contribution < 1.29 is 21.3 Å². The minimum absolute atomic E-state index is 0.0994. The van der Waals surface area contributed by atoms with E-state index in [2.05, 4.69) is 4.72 Å². The zero-order chi connectivity index (χ0) is 20.4. The number of furan rings is 1. The maximum atomic E-state index is 13.1. The van der Waals surface area contributed by atoms with E-state index in [9.17, 15) is 16.8 Å². The second-order valence-corrected chi connectivity index (χ2v) is 10.3. The smallest absolute Gasteiger partial charge is 0.240 e. The summed E-state index contributed by atoms with van der Waals surface area (Å²) in [6.07, 6.45) is 1.36. The molecule has 0 bridgehead atoms. The quantitative estimate of drug-likeness (QED) is 0.634. The van der Waals surface area contributed by atoms with Crippen LogP contribution in [-0.2, 0) is 19.9 Å². The summed E-state index contributed by atoms with van der Waals surface area (Å²) in [6.45, 7) is 3.14. The van der Waals surface area contributed by atoms with Crippen LogP contribution in [0.15, 0.2) is 81.1 Å². The van der Waals surface area contributed by atoms with Gasteiger partial charge >= 0.3 is 0 Å². The normalized spacial score (nSPS) is 13.4. The van der Waals surface area contributed by atoms with Crippen molar-refractivity contribution in [2.45, 2.75) is 28.9 Å². The minimum atomic E-state index is -3.90. The molecule has 3 aromatic rings. The summed E-state index contributed by atoms with van der Waals surface area (Å²) in [7, 11) is -7.77. The van der Waals surface area contributed by atoms with E-state index >= 15 is 0 Å². The standard InChI is InChI=1S/C20H21NO5S2/c1-15-10-11-16(2)19(13-15)28(24,25)21-14-20(18-9-6-12-26-18)27(22,23)17-7-4-3-5-8-17/h3-13,20-21H,14H2,1-2H3. The molecule has 1 atom stereocenters. The van der Waals surface area contributed by atoms with E-state index < -0.39 is 25.1 Å². The number of hydrogen-bond donors (Lipinski definition) is 1. The molecule has 0 amide bonds. The molecule has 0 radical (unpaired) electrons. The fraction of sp³-hybridized carbons (Fsp3) is 0.200. The van der Waals surface area contributed by atoms with Crippen LogP contribution in [0.3, 0.4) is 0 Å². The van der Waals surface area contributed by atoms with Crippen LogP contribution in [-0.4, -0.2) is 23.4 Å². The number of sulfonamides is 1. The largest absolute Gasteiger partial charge is 0.468 e. The average Bonchev–Trinajstić information content (AvgIpc) is 3.18. The van der Waals surface area contributed by atoms with Crippen LogP contribution >= 0.6 is 0 Å². The zero-order valence-electron chi connectivity index (χ0n) is 15.5. The molecule has 148 valence electrons. The van der Waals surface area contributed by atoms with Crippen LogP contribution < -0.4 is 4.72 Å². The first-order chi connectivity index (χ1) is 13.2. The van der Waals surface area contributed by atoms with Crippen molar-refractivity contribution in [2.24, 2.45) is 0 Å². The molecule has 3 rings (SSSR count). The molecular weight excluding hydrogens is 398 g/mol. The minimum Gasteiger partial charge on any atom is -0.468 e. The lowest BCUT2D eigenvalue weighted by Crippen LogP contribution is -2.32. The molecule has 0 aliphatic rings. The Labute approximate surface area is 165 Å². The molecule has 0 saturated carbocycles. The van der Waals surface area contributed by atoms with Gasteiger partial charge in [0, 0.05) is 6.54 Å². The van der Waals surface area contributed by atoms with Gasteiger partial charge in [0.2, 0.25) is 10.0 Å². The summed E-state index contributed by atoms with van der Waals surface area (Å²) in [6, 6.07) is 16.1. The van der Waals surface area contributed by atoms with Gasteiger partial charge in [0.1, 0.15) is 11.0 Å². The van der Waals surface area contributed by atoms with Crippen molar-refractivity contribution in [3.05, 3.63) is 83.8 Å². The van der Waals surface area contributed by atoms with Crippen LogP contribution in [0.2, 0.25) is 0 Å². The summed E-state index contributed by atoms with van der Waals surface area (Å²) in [4.78, 5) is 0.227. The van der Waals surface area contributed by atoms with Crippen LogP contribution in [0.25, 0.3) is 0 Å². The van der Waals surface area contributed by atoms with Gasteiger partial charge in [-0.15, -0.1) is 0 Å². The average molecular weight is 420 g/mol. The molecule has 1 unspecified atom stereocenters. The molecule has 0 aliphatic carbocycles. The molecule has 0 spiro atoms. The van der Waals surface area contributed by atoms with E-state index in [0.29, 0.717) is 5.56 Å². The highest BCUT2D eigenvalue weighted by Crippen LogP contribution is 2.29. The Hall–Kier alpha value is -2.42. The fourth-order valence-corrected chi connectivity index (χ4v) is 5.96. The number of benzene rings is 2. The van der Waals surface area contributed by atoms with Crippen LogP contribution in [0.5, 0.6) is 0 Å². The third kappa shape index (κ3) is 4.19. The highest BCUT2D eigenvalue weighted by molar-refractivity contribution is 7.92. The fourth-order valence-electron chi connectivity index (χ4n) is 2.87. The third-order valence-electron chi connectivity index (χ3n) is 4.40. The van der Waals surface area contributed by atoms with E-state index in [1.54, 1.807) is 50.2 Å². The maximum absolute atomic E-state index is 13.1. The Balaban J connectivity index is 1.95. The van der Waals surface area contributed by atoms with Gasteiger partial charge < -0.3 is 4.42 Å². The van der Waals surface area contributed by atoms with Crippen LogP contribution in [0, 0.1) is 13.8 Å². The van der Waals surface area contributed by atoms with Gasteiger partial charge in [-0.05, 0) is 55.3 Å². The molecule has 1 heterocycles. The van der Waals surface area contributed by atoms with Gasteiger partial charge in [0.25, 0.3) is 0 Å². The van der Waals surface area contributed by atoms with Crippen molar-refractivity contribution in [2.75, 3.05) is 6.54 Å². The Kier molecular flexibility index (Phi) is 5.74. The molecule has 6 nitrogen and oxygen atoms in total. The summed E-state index contributed by atoms with van der Waals surface area (Å²) in [5, 5.41) is -1.19. The summed E-state index contributed by atoms with van der Waals surface area (Å²) in [5.41, 5.74) is 1.38. The van der Waals surface area contributed by atoms with E-state index in [1.807, 2.05) is 6.07 Å². The van der Waals surface area contributed by atoms with E-state index in [1.165, 1.54) is 24.5 Å². The van der Waals surface area contributed by atoms with Gasteiger partial charge in [-0.3, -0.25) is 0 Å². The van der Waals surface area contributed by atoms with Crippen molar-refractivity contribution >= 4 is 19.9 Å². The summed E-state index contributed by atoms with van der Waals surface area (Å²) >= 11 is 0. The first-order valence-electron chi connectivity index (χ1n) is 8.61. The predicted molar refractivity (Wildman–Crippen MR) is 106 cm³/mol. The van der Waals surface area contributed by atoms with Crippen LogP contribution in [0.4, 0.5) is 0 Å². The topological polar surface area (TPSA) is 93.4 Å². The van der Waals surface area contributed by atoms with Gasteiger partial charge in [-0.2, -0.15) is 0 Å². The predicted octanol–water partition coefficient (Wildman–Crippen LogP) is 3.39. The molecule has 0 fully saturated rings. The lowest BCUT2D eigenvalue weighted by molar-refractivity contribution is 0.486. The number of hydrogen-bond acceptors (Lipinski definition) is 5. The second-order valence-electron chi connectivity index (χ2n) is 6.48. The van der Waals surface area contributed by atoms with E-state index in [-0.39, 0.29) is 22.1 Å². The summed E-state index contributed by atoms with van der Waals surface area (Å²) < 4.78 is 59.6. The SMILES string of the molecule is Cc1ccc(C)c(S(=O)(=O)NCC(c2ccco2)S(=O)(=O)c2ccccc2)c1. The van der Waals surface area contributed by atoms with E-state index in [4.69, 9.17) is 4.42 Å². The third-order valence-corrected chi connectivity index (χ3v) is 8.04. The molecule has 0 aliphatic heterocycles. The Morgan fingerprint density at radius 2 is 1.64 bits per heavy atom. The van der Waals surface area contributed by atoms with Crippen molar-refractivity contribution in [1.82, 2.24) is 4.72 Å². The highest BCUT2D eigenvalue weighted by atomic mass is 32.2. The molecule has 1 aromatic heterocycles. The van der Waals surface area contributed by atoms with Gasteiger partial charge in [-0.1, -0.05) is 30.3 Å². The molecular formula is C20H21NO5S2. The highest BCUT2D eigenvalue weighted by Gasteiger charge is 2.33. The number of nitrogens with one attached hydrogen (secondary N) is 1. The monoisotopic (exact) mass is 419 g/mol.